The van der Waals surface area contributed by atoms with Gasteiger partial charge in [0.05, 0.1) is 14.9 Å². The molecular formula is C18H17Cl2N3O3S. The van der Waals surface area contributed by atoms with E-state index in [0.717, 1.165) is 13.0 Å². The summed E-state index contributed by atoms with van der Waals surface area (Å²) in [6, 6.07) is 10.5. The number of carbonyl (C=O) groups is 1. The van der Waals surface area contributed by atoms with Gasteiger partial charge in [0.25, 0.3) is 15.9 Å². The van der Waals surface area contributed by atoms with E-state index in [-0.39, 0.29) is 9.92 Å². The van der Waals surface area contributed by atoms with Gasteiger partial charge in [-0.25, -0.2) is 0 Å². The summed E-state index contributed by atoms with van der Waals surface area (Å²) in [5.74, 6) is 0.116. The molecule has 2 aromatic carbocycles. The summed E-state index contributed by atoms with van der Waals surface area (Å²) in [6.45, 7) is 0.786. The quantitative estimate of drug-likeness (QED) is 0.800. The van der Waals surface area contributed by atoms with Crippen molar-refractivity contribution in [3.05, 3.63) is 58.1 Å². The van der Waals surface area contributed by atoms with Crippen LogP contribution in [0.2, 0.25) is 10.0 Å². The van der Waals surface area contributed by atoms with Crippen molar-refractivity contribution in [1.29, 1.82) is 0 Å². The van der Waals surface area contributed by atoms with Gasteiger partial charge in [0.1, 0.15) is 5.84 Å². The van der Waals surface area contributed by atoms with Crippen molar-refractivity contribution in [3.63, 3.8) is 0 Å². The number of halogens is 2. The number of hydrogen-bond acceptors (Lipinski definition) is 3. The van der Waals surface area contributed by atoms with Crippen LogP contribution in [0.4, 0.5) is 5.69 Å². The first kappa shape index (κ1) is 19.7. The second kappa shape index (κ2) is 7.88. The highest BCUT2D eigenvalue weighted by molar-refractivity contribution is 7.90. The molecule has 6 nitrogen and oxygen atoms in total. The van der Waals surface area contributed by atoms with Crippen LogP contribution in [0.15, 0.2) is 51.8 Å². The molecule has 0 aromatic heterocycles. The molecule has 1 heterocycles. The molecule has 0 spiro atoms. The molecule has 1 aliphatic rings. The third-order valence-electron chi connectivity index (χ3n) is 4.13. The van der Waals surface area contributed by atoms with Gasteiger partial charge in [0, 0.05) is 31.3 Å². The van der Waals surface area contributed by atoms with Crippen molar-refractivity contribution in [2.75, 3.05) is 18.9 Å². The van der Waals surface area contributed by atoms with Crippen molar-refractivity contribution >= 4 is 50.7 Å². The second-order valence-electron chi connectivity index (χ2n) is 6.12. The fourth-order valence-electron chi connectivity index (χ4n) is 2.68. The highest BCUT2D eigenvalue weighted by Crippen LogP contribution is 2.24. The van der Waals surface area contributed by atoms with Crippen LogP contribution in [-0.4, -0.2) is 38.7 Å². The molecule has 1 N–H and O–H groups in total. The molecular weight excluding hydrogens is 409 g/mol. The smallest absolute Gasteiger partial charge is 0.284 e. The predicted octanol–water partition coefficient (Wildman–Crippen LogP) is 4.06. The summed E-state index contributed by atoms with van der Waals surface area (Å²) < 4.78 is 29.1. The number of amidine groups is 1. The minimum absolute atomic E-state index is 0.0160. The summed E-state index contributed by atoms with van der Waals surface area (Å²) in [4.78, 5) is 14.2. The lowest BCUT2D eigenvalue weighted by molar-refractivity contribution is 0.102. The maximum Gasteiger partial charge on any atom is 0.284 e. The molecule has 0 unspecified atom stereocenters. The Morgan fingerprint density at radius 2 is 1.93 bits per heavy atom. The van der Waals surface area contributed by atoms with E-state index < -0.39 is 15.9 Å². The minimum Gasteiger partial charge on any atom is -0.362 e. The highest BCUT2D eigenvalue weighted by atomic mass is 35.5. The number of carbonyl (C=O) groups excluding carboxylic acids is 1. The van der Waals surface area contributed by atoms with Gasteiger partial charge in [0.2, 0.25) is 0 Å². The Balaban J connectivity index is 1.83. The summed E-state index contributed by atoms with van der Waals surface area (Å²) in [7, 11) is -2.04. The zero-order valence-corrected chi connectivity index (χ0v) is 16.8. The second-order valence-corrected chi connectivity index (χ2v) is 8.54. The van der Waals surface area contributed by atoms with Crippen molar-refractivity contribution in [2.45, 2.75) is 17.7 Å². The van der Waals surface area contributed by atoms with Gasteiger partial charge >= 0.3 is 0 Å². The lowest BCUT2D eigenvalue weighted by atomic mass is 10.2. The van der Waals surface area contributed by atoms with Gasteiger partial charge in [-0.05, 0) is 42.8 Å². The van der Waals surface area contributed by atoms with Crippen LogP contribution in [0, 0.1) is 0 Å². The van der Waals surface area contributed by atoms with E-state index in [4.69, 9.17) is 23.2 Å². The van der Waals surface area contributed by atoms with Crippen LogP contribution in [-0.2, 0) is 10.0 Å². The zero-order valence-electron chi connectivity index (χ0n) is 14.4. The van der Waals surface area contributed by atoms with E-state index in [1.165, 1.54) is 30.3 Å². The van der Waals surface area contributed by atoms with Crippen LogP contribution in [0.1, 0.15) is 23.2 Å². The fraction of sp³-hybridized carbons (Fsp3) is 0.222. The highest BCUT2D eigenvalue weighted by Gasteiger charge is 2.20. The summed E-state index contributed by atoms with van der Waals surface area (Å²) in [6.07, 6.45) is 1.51. The number of sulfonamides is 1. The number of anilines is 1. The number of likely N-dealkylation sites (tertiary alicyclic amines) is 1. The molecule has 142 valence electrons. The molecule has 0 bridgehead atoms. The van der Waals surface area contributed by atoms with Gasteiger partial charge in [-0.3, -0.25) is 4.79 Å². The van der Waals surface area contributed by atoms with E-state index in [1.807, 2.05) is 11.9 Å². The van der Waals surface area contributed by atoms with Crippen LogP contribution in [0.5, 0.6) is 0 Å². The molecule has 0 aliphatic carbocycles. The van der Waals surface area contributed by atoms with E-state index >= 15 is 0 Å². The SMILES string of the molecule is CN1CCC/C1=N\S(=O)(=O)c1cccc(NC(=O)c2ccc(Cl)c(Cl)c2)c1. The normalized spacial score (nSPS) is 16.0. The molecule has 3 rings (SSSR count). The topological polar surface area (TPSA) is 78.8 Å². The largest absolute Gasteiger partial charge is 0.362 e. The molecule has 1 aliphatic heterocycles. The Kier molecular flexibility index (Phi) is 5.74. The van der Waals surface area contributed by atoms with E-state index in [2.05, 4.69) is 9.71 Å². The molecule has 0 radical (unpaired) electrons. The van der Waals surface area contributed by atoms with Crippen molar-refractivity contribution in [2.24, 2.45) is 4.40 Å². The Bertz CT molecular complexity index is 1020. The molecule has 2 aromatic rings. The van der Waals surface area contributed by atoms with Crippen LogP contribution in [0.3, 0.4) is 0 Å². The molecule has 0 atom stereocenters. The average Bonchev–Trinajstić information content (AvgIpc) is 3.01. The van der Waals surface area contributed by atoms with Crippen LogP contribution in [0.25, 0.3) is 0 Å². The first-order valence-electron chi connectivity index (χ1n) is 8.18. The Morgan fingerprint density at radius 1 is 1.15 bits per heavy atom. The third kappa shape index (κ3) is 4.61. The van der Waals surface area contributed by atoms with E-state index in [0.29, 0.717) is 28.5 Å². The van der Waals surface area contributed by atoms with Gasteiger partial charge in [-0.15, -0.1) is 4.40 Å². The fourth-order valence-corrected chi connectivity index (χ4v) is 4.11. The van der Waals surface area contributed by atoms with Gasteiger partial charge in [-0.1, -0.05) is 29.3 Å². The summed E-state index contributed by atoms with van der Waals surface area (Å²) in [5.41, 5.74) is 0.651. The van der Waals surface area contributed by atoms with Gasteiger partial charge in [-0.2, -0.15) is 8.42 Å². The molecule has 9 heteroatoms. The van der Waals surface area contributed by atoms with Crippen LogP contribution >= 0.6 is 23.2 Å². The van der Waals surface area contributed by atoms with Crippen molar-refractivity contribution in [3.8, 4) is 0 Å². The summed E-state index contributed by atoms with van der Waals surface area (Å²) in [5, 5.41) is 3.26. The standard InChI is InChI=1S/C18H17Cl2N3O3S/c1-23-9-3-6-17(23)22-27(25,26)14-5-2-4-13(11-14)21-18(24)12-7-8-15(19)16(20)10-12/h2,4-5,7-8,10-11H,3,6,9H2,1H3,(H,21,24)/b22-17+. The molecule has 1 amide bonds. The Morgan fingerprint density at radius 3 is 2.59 bits per heavy atom. The first-order valence-corrected chi connectivity index (χ1v) is 10.4. The van der Waals surface area contributed by atoms with E-state index in [9.17, 15) is 13.2 Å². The molecule has 27 heavy (non-hydrogen) atoms. The Labute approximate surface area is 167 Å². The van der Waals surface area contributed by atoms with E-state index in [1.54, 1.807) is 12.1 Å². The minimum atomic E-state index is -3.86. The molecule has 1 saturated heterocycles. The maximum absolute atomic E-state index is 12.6. The first-order chi connectivity index (χ1) is 12.8. The Hall–Kier alpha value is -2.09. The zero-order chi connectivity index (χ0) is 19.6. The van der Waals surface area contributed by atoms with Gasteiger partial charge < -0.3 is 10.2 Å². The van der Waals surface area contributed by atoms with Gasteiger partial charge in [0.15, 0.2) is 0 Å². The molecule has 0 saturated carbocycles. The number of nitrogens with zero attached hydrogens (tertiary/aromatic N) is 2. The lowest BCUT2D eigenvalue weighted by Gasteiger charge is -2.11. The average molecular weight is 426 g/mol. The lowest BCUT2D eigenvalue weighted by Crippen LogP contribution is -2.20. The van der Waals surface area contributed by atoms with Crippen molar-refractivity contribution < 1.29 is 13.2 Å². The predicted molar refractivity (Wildman–Crippen MR) is 107 cm³/mol. The number of nitrogens with one attached hydrogen (secondary N) is 1. The number of benzene rings is 2. The number of hydrogen-bond donors (Lipinski definition) is 1. The number of amides is 1. The maximum atomic E-state index is 12.6. The molecule has 1 fully saturated rings. The van der Waals surface area contributed by atoms with Crippen LogP contribution < -0.4 is 5.32 Å². The van der Waals surface area contributed by atoms with Crippen molar-refractivity contribution in [1.82, 2.24) is 4.90 Å². The third-order valence-corrected chi connectivity index (χ3v) is 6.17. The summed E-state index contributed by atoms with van der Waals surface area (Å²) >= 11 is 11.8. The monoisotopic (exact) mass is 425 g/mol. The number of rotatable bonds is 4.